The third-order valence-electron chi connectivity index (χ3n) is 1.88. The summed E-state index contributed by atoms with van der Waals surface area (Å²) in [5.74, 6) is -0.150. The molecule has 2 aromatic heterocycles. The van der Waals surface area contributed by atoms with Crippen LogP contribution in [0.3, 0.4) is 0 Å². The van der Waals surface area contributed by atoms with Gasteiger partial charge in [-0.25, -0.2) is 4.98 Å². The Labute approximate surface area is 106 Å². The Morgan fingerprint density at radius 3 is 3.12 bits per heavy atom. The first-order valence-electron chi connectivity index (χ1n) is 4.95. The number of rotatable bonds is 5. The number of thiazole rings is 1. The van der Waals surface area contributed by atoms with Gasteiger partial charge in [0, 0.05) is 6.54 Å². The van der Waals surface area contributed by atoms with E-state index in [0.29, 0.717) is 16.6 Å². The molecule has 0 atom stereocenters. The van der Waals surface area contributed by atoms with E-state index in [0.717, 1.165) is 5.00 Å². The van der Waals surface area contributed by atoms with Crippen LogP contribution in [-0.2, 0) is 0 Å². The molecule has 0 radical (unpaired) electrons. The summed E-state index contributed by atoms with van der Waals surface area (Å²) in [6, 6.07) is 3.59. The molecule has 3 N–H and O–H groups in total. The molecule has 0 bridgehead atoms. The SMILES string of the molecule is O=C(Nc1ncc(NCCO)s1)c1cccs1. The first-order valence-corrected chi connectivity index (χ1v) is 6.64. The van der Waals surface area contributed by atoms with Crippen molar-refractivity contribution in [2.45, 2.75) is 0 Å². The predicted octanol–water partition coefficient (Wildman–Crippen LogP) is 1.86. The number of hydrogen-bond donors (Lipinski definition) is 3. The van der Waals surface area contributed by atoms with E-state index in [9.17, 15) is 4.79 Å². The number of aliphatic hydroxyl groups is 1. The lowest BCUT2D eigenvalue weighted by atomic mass is 10.4. The Morgan fingerprint density at radius 2 is 2.41 bits per heavy atom. The van der Waals surface area contributed by atoms with E-state index in [2.05, 4.69) is 15.6 Å². The Balaban J connectivity index is 1.95. The fourth-order valence-corrected chi connectivity index (χ4v) is 2.52. The van der Waals surface area contributed by atoms with E-state index < -0.39 is 0 Å². The summed E-state index contributed by atoms with van der Waals surface area (Å²) in [6.07, 6.45) is 1.63. The smallest absolute Gasteiger partial charge is 0.267 e. The van der Waals surface area contributed by atoms with E-state index in [1.165, 1.54) is 22.7 Å². The van der Waals surface area contributed by atoms with E-state index >= 15 is 0 Å². The van der Waals surface area contributed by atoms with E-state index in [1.54, 1.807) is 12.3 Å². The highest BCUT2D eigenvalue weighted by Crippen LogP contribution is 2.23. The molecule has 0 spiro atoms. The second-order valence-corrected chi connectivity index (χ2v) is 5.09. The summed E-state index contributed by atoms with van der Waals surface area (Å²) in [5.41, 5.74) is 0. The highest BCUT2D eigenvalue weighted by atomic mass is 32.1. The summed E-state index contributed by atoms with van der Waals surface area (Å²) in [7, 11) is 0. The Hall–Kier alpha value is -1.44. The number of hydrogen-bond acceptors (Lipinski definition) is 6. The topological polar surface area (TPSA) is 74.2 Å². The van der Waals surface area contributed by atoms with Crippen LogP contribution in [0.4, 0.5) is 10.1 Å². The van der Waals surface area contributed by atoms with Crippen molar-refractivity contribution in [1.29, 1.82) is 0 Å². The maximum absolute atomic E-state index is 11.7. The number of thiophene rings is 1. The maximum Gasteiger partial charge on any atom is 0.267 e. The minimum Gasteiger partial charge on any atom is -0.395 e. The van der Waals surface area contributed by atoms with Crippen molar-refractivity contribution in [3.05, 3.63) is 28.6 Å². The van der Waals surface area contributed by atoms with Gasteiger partial charge in [-0.3, -0.25) is 10.1 Å². The molecule has 1 amide bonds. The van der Waals surface area contributed by atoms with Crippen LogP contribution in [0.1, 0.15) is 9.67 Å². The number of carbonyl (C=O) groups excluding carboxylic acids is 1. The van der Waals surface area contributed by atoms with Crippen LogP contribution < -0.4 is 10.6 Å². The van der Waals surface area contributed by atoms with Crippen LogP contribution in [0.25, 0.3) is 0 Å². The van der Waals surface area contributed by atoms with Gasteiger partial charge in [-0.15, -0.1) is 11.3 Å². The number of amides is 1. The first-order chi connectivity index (χ1) is 8.29. The summed E-state index contributed by atoms with van der Waals surface area (Å²) >= 11 is 2.72. The lowest BCUT2D eigenvalue weighted by molar-refractivity contribution is 0.103. The lowest BCUT2D eigenvalue weighted by Crippen LogP contribution is -2.09. The maximum atomic E-state index is 11.7. The minimum atomic E-state index is -0.150. The molecule has 0 saturated carbocycles. The van der Waals surface area contributed by atoms with Crippen molar-refractivity contribution in [2.75, 3.05) is 23.8 Å². The molecule has 2 heterocycles. The van der Waals surface area contributed by atoms with Crippen LogP contribution in [0, 0.1) is 0 Å². The largest absolute Gasteiger partial charge is 0.395 e. The van der Waals surface area contributed by atoms with Gasteiger partial charge in [0.2, 0.25) is 0 Å². The van der Waals surface area contributed by atoms with Crippen molar-refractivity contribution >= 4 is 38.7 Å². The fourth-order valence-electron chi connectivity index (χ4n) is 1.16. The molecule has 0 saturated heterocycles. The highest BCUT2D eigenvalue weighted by Gasteiger charge is 2.09. The molecule has 0 aliphatic rings. The summed E-state index contributed by atoms with van der Waals surface area (Å²) in [4.78, 5) is 16.4. The van der Waals surface area contributed by atoms with Gasteiger partial charge in [0.25, 0.3) is 5.91 Å². The molecular weight excluding hydrogens is 258 g/mol. The quantitative estimate of drug-likeness (QED) is 0.774. The zero-order valence-electron chi connectivity index (χ0n) is 8.84. The van der Waals surface area contributed by atoms with E-state index in [4.69, 9.17) is 5.11 Å². The first kappa shape index (κ1) is 12.0. The number of nitrogens with zero attached hydrogens (tertiary/aromatic N) is 1. The van der Waals surface area contributed by atoms with Crippen molar-refractivity contribution in [3.63, 3.8) is 0 Å². The van der Waals surface area contributed by atoms with Gasteiger partial charge in [-0.1, -0.05) is 17.4 Å². The lowest BCUT2D eigenvalue weighted by Gasteiger charge is -1.98. The van der Waals surface area contributed by atoms with Gasteiger partial charge in [-0.2, -0.15) is 0 Å². The van der Waals surface area contributed by atoms with Crippen molar-refractivity contribution < 1.29 is 9.90 Å². The molecule has 90 valence electrons. The van der Waals surface area contributed by atoms with Crippen LogP contribution >= 0.6 is 22.7 Å². The van der Waals surface area contributed by atoms with Gasteiger partial charge in [0.05, 0.1) is 17.7 Å². The molecule has 2 rings (SSSR count). The highest BCUT2D eigenvalue weighted by molar-refractivity contribution is 7.19. The van der Waals surface area contributed by atoms with E-state index in [1.807, 2.05) is 11.4 Å². The van der Waals surface area contributed by atoms with Crippen LogP contribution in [0.15, 0.2) is 23.7 Å². The Morgan fingerprint density at radius 1 is 1.53 bits per heavy atom. The van der Waals surface area contributed by atoms with Gasteiger partial charge < -0.3 is 10.4 Å². The molecule has 7 heteroatoms. The fraction of sp³-hybridized carbons (Fsp3) is 0.200. The van der Waals surface area contributed by atoms with Gasteiger partial charge in [0.15, 0.2) is 5.13 Å². The Bertz CT molecular complexity index is 481. The van der Waals surface area contributed by atoms with Crippen LogP contribution in [-0.4, -0.2) is 29.1 Å². The molecule has 0 aliphatic carbocycles. The number of carbonyl (C=O) groups is 1. The monoisotopic (exact) mass is 269 g/mol. The predicted molar refractivity (Wildman–Crippen MR) is 70.0 cm³/mol. The molecule has 0 aromatic carbocycles. The van der Waals surface area contributed by atoms with Gasteiger partial charge in [-0.05, 0) is 11.4 Å². The molecule has 17 heavy (non-hydrogen) atoms. The van der Waals surface area contributed by atoms with Crippen molar-refractivity contribution in [3.8, 4) is 0 Å². The molecule has 0 fully saturated rings. The minimum absolute atomic E-state index is 0.0643. The second-order valence-electron chi connectivity index (χ2n) is 3.11. The molecule has 5 nitrogen and oxygen atoms in total. The number of nitrogens with one attached hydrogen (secondary N) is 2. The normalized spacial score (nSPS) is 10.2. The van der Waals surface area contributed by atoms with Crippen molar-refractivity contribution in [1.82, 2.24) is 4.98 Å². The molecule has 0 aliphatic heterocycles. The average molecular weight is 269 g/mol. The summed E-state index contributed by atoms with van der Waals surface area (Å²) in [6.45, 7) is 0.537. The molecule has 2 aromatic rings. The third kappa shape index (κ3) is 3.26. The van der Waals surface area contributed by atoms with E-state index in [-0.39, 0.29) is 12.5 Å². The standard InChI is InChI=1S/C10H11N3O2S2/c14-4-3-11-8-6-12-10(17-8)13-9(15)7-2-1-5-16-7/h1-2,5-6,11,14H,3-4H2,(H,12,13,15). The zero-order chi connectivity index (χ0) is 12.1. The third-order valence-corrected chi connectivity index (χ3v) is 3.62. The summed E-state index contributed by atoms with van der Waals surface area (Å²) in [5, 5.41) is 17.6. The van der Waals surface area contributed by atoms with Gasteiger partial charge >= 0.3 is 0 Å². The second kappa shape index (κ2) is 5.76. The molecular formula is C10H11N3O2S2. The number of aliphatic hydroxyl groups excluding tert-OH is 1. The number of anilines is 2. The average Bonchev–Trinajstić information content (AvgIpc) is 2.97. The van der Waals surface area contributed by atoms with Crippen LogP contribution in [0.2, 0.25) is 0 Å². The zero-order valence-corrected chi connectivity index (χ0v) is 10.5. The van der Waals surface area contributed by atoms with Gasteiger partial charge in [0.1, 0.15) is 5.00 Å². The summed E-state index contributed by atoms with van der Waals surface area (Å²) < 4.78 is 0. The Kier molecular flexibility index (Phi) is 4.08. The number of aromatic nitrogens is 1. The molecule has 0 unspecified atom stereocenters. The van der Waals surface area contributed by atoms with Crippen LogP contribution in [0.5, 0.6) is 0 Å². The van der Waals surface area contributed by atoms with Crippen molar-refractivity contribution in [2.24, 2.45) is 0 Å².